The van der Waals surface area contributed by atoms with E-state index < -0.39 is 0 Å². The van der Waals surface area contributed by atoms with E-state index in [1.54, 1.807) is 17.5 Å². The summed E-state index contributed by atoms with van der Waals surface area (Å²) in [6.07, 6.45) is 6.21. The Bertz CT molecular complexity index is 550. The van der Waals surface area contributed by atoms with Crippen LogP contribution in [0.5, 0.6) is 0 Å². The Morgan fingerprint density at radius 3 is 3.12 bits per heavy atom. The van der Waals surface area contributed by atoms with E-state index in [2.05, 4.69) is 16.9 Å². The molecule has 1 unspecified atom stereocenters. The van der Waals surface area contributed by atoms with Crippen molar-refractivity contribution in [1.29, 1.82) is 0 Å². The third-order valence-electron chi connectivity index (χ3n) is 3.19. The molecule has 1 aliphatic carbocycles. The highest BCUT2D eigenvalue weighted by atomic mass is 32.1. The monoisotopic (exact) mass is 246 g/mol. The molecule has 1 aliphatic rings. The van der Waals surface area contributed by atoms with E-state index in [0.29, 0.717) is 0 Å². The summed E-state index contributed by atoms with van der Waals surface area (Å²) in [5.74, 6) is 0. The summed E-state index contributed by atoms with van der Waals surface area (Å²) in [6, 6.07) is 1.99. The third-order valence-corrected chi connectivity index (χ3v) is 4.42. The summed E-state index contributed by atoms with van der Waals surface area (Å²) >= 11 is 1.61. The lowest BCUT2D eigenvalue weighted by atomic mass is 10.0. The zero-order chi connectivity index (χ0) is 11.8. The van der Waals surface area contributed by atoms with Crippen LogP contribution in [0.3, 0.4) is 0 Å². The van der Waals surface area contributed by atoms with Crippen molar-refractivity contribution >= 4 is 11.3 Å². The van der Waals surface area contributed by atoms with Crippen molar-refractivity contribution in [3.05, 3.63) is 34.6 Å². The first-order chi connectivity index (χ1) is 8.25. The number of nitrogens with zero attached hydrogens (tertiary/aromatic N) is 2. The number of rotatable bonds is 1. The minimum Gasteiger partial charge on any atom is -0.388 e. The van der Waals surface area contributed by atoms with Crippen molar-refractivity contribution < 1.29 is 5.11 Å². The van der Waals surface area contributed by atoms with Crippen LogP contribution in [0.15, 0.2) is 18.5 Å². The molecule has 2 aromatic heterocycles. The minimum atomic E-state index is -0.318. The highest BCUT2D eigenvalue weighted by Crippen LogP contribution is 2.38. The average Bonchev–Trinajstić information content (AvgIpc) is 2.75. The number of hydrogen-bond donors (Lipinski definition) is 1. The van der Waals surface area contributed by atoms with Gasteiger partial charge in [0.15, 0.2) is 0 Å². The van der Waals surface area contributed by atoms with Crippen molar-refractivity contribution in [3.8, 4) is 10.6 Å². The number of hydrogen-bond acceptors (Lipinski definition) is 4. The van der Waals surface area contributed by atoms with Crippen LogP contribution >= 0.6 is 11.3 Å². The number of aryl methyl sites for hydroxylation is 2. The van der Waals surface area contributed by atoms with Gasteiger partial charge in [0.25, 0.3) is 0 Å². The Kier molecular flexibility index (Phi) is 2.68. The summed E-state index contributed by atoms with van der Waals surface area (Å²) in [6.45, 7) is 2.06. The molecule has 3 rings (SSSR count). The molecule has 2 heterocycles. The zero-order valence-corrected chi connectivity index (χ0v) is 10.5. The van der Waals surface area contributed by atoms with Gasteiger partial charge in [-0.1, -0.05) is 0 Å². The summed E-state index contributed by atoms with van der Waals surface area (Å²) in [7, 11) is 0. The van der Waals surface area contributed by atoms with Gasteiger partial charge in [0, 0.05) is 18.0 Å². The Hall–Kier alpha value is -1.26. The number of fused-ring (bicyclic) bond motifs is 1. The standard InChI is InChI=1S/C13H14N2OS/c1-8-5-6-14-7-9(8)13-15-10-3-2-4-11(16)12(10)17-13/h5-7,11,16H,2-4H2,1H3. The van der Waals surface area contributed by atoms with Gasteiger partial charge in [0.05, 0.1) is 16.7 Å². The second-order valence-electron chi connectivity index (χ2n) is 4.43. The molecule has 1 N–H and O–H groups in total. The van der Waals surface area contributed by atoms with Gasteiger partial charge < -0.3 is 5.11 Å². The van der Waals surface area contributed by atoms with E-state index in [4.69, 9.17) is 0 Å². The van der Waals surface area contributed by atoms with Crippen LogP contribution in [-0.2, 0) is 6.42 Å². The van der Waals surface area contributed by atoms with Gasteiger partial charge in [0.2, 0.25) is 0 Å². The maximum atomic E-state index is 9.95. The summed E-state index contributed by atoms with van der Waals surface area (Å²) in [5, 5.41) is 10.9. The van der Waals surface area contributed by atoms with Crippen LogP contribution < -0.4 is 0 Å². The smallest absolute Gasteiger partial charge is 0.125 e. The predicted octanol–water partition coefficient (Wildman–Crippen LogP) is 2.88. The molecular formula is C13H14N2OS. The fourth-order valence-electron chi connectivity index (χ4n) is 2.20. The summed E-state index contributed by atoms with van der Waals surface area (Å²) < 4.78 is 0. The molecule has 0 amide bonds. The minimum absolute atomic E-state index is 0.318. The van der Waals surface area contributed by atoms with Gasteiger partial charge in [0.1, 0.15) is 5.01 Å². The summed E-state index contributed by atoms with van der Waals surface area (Å²) in [5.41, 5.74) is 3.34. The fourth-order valence-corrected chi connectivity index (χ4v) is 3.41. The van der Waals surface area contributed by atoms with Crippen molar-refractivity contribution in [1.82, 2.24) is 9.97 Å². The van der Waals surface area contributed by atoms with Gasteiger partial charge in [-0.3, -0.25) is 4.98 Å². The zero-order valence-electron chi connectivity index (χ0n) is 9.68. The number of aromatic nitrogens is 2. The number of aliphatic hydroxyl groups is 1. The van der Waals surface area contributed by atoms with E-state index in [1.807, 2.05) is 12.3 Å². The molecule has 1 atom stereocenters. The lowest BCUT2D eigenvalue weighted by Gasteiger charge is -2.14. The van der Waals surface area contributed by atoms with Gasteiger partial charge in [-0.25, -0.2) is 4.98 Å². The van der Waals surface area contributed by atoms with E-state index >= 15 is 0 Å². The molecule has 0 fully saturated rings. The third kappa shape index (κ3) is 1.87. The molecule has 17 heavy (non-hydrogen) atoms. The Labute approximate surface area is 104 Å². The molecule has 3 nitrogen and oxygen atoms in total. The van der Waals surface area contributed by atoms with Crippen LogP contribution in [-0.4, -0.2) is 15.1 Å². The van der Waals surface area contributed by atoms with Crippen LogP contribution in [0.2, 0.25) is 0 Å². The van der Waals surface area contributed by atoms with E-state index in [-0.39, 0.29) is 6.10 Å². The topological polar surface area (TPSA) is 46.0 Å². The molecule has 0 saturated heterocycles. The second-order valence-corrected chi connectivity index (χ2v) is 5.46. The highest BCUT2D eigenvalue weighted by molar-refractivity contribution is 7.15. The normalized spacial score (nSPS) is 19.1. The second kappa shape index (κ2) is 4.20. The first kappa shape index (κ1) is 10.9. The first-order valence-corrected chi connectivity index (χ1v) is 6.66. The first-order valence-electron chi connectivity index (χ1n) is 5.84. The van der Waals surface area contributed by atoms with Crippen LogP contribution in [0.1, 0.15) is 35.1 Å². The van der Waals surface area contributed by atoms with Gasteiger partial charge in [-0.2, -0.15) is 0 Å². The molecule has 0 spiro atoms. The average molecular weight is 246 g/mol. The molecule has 88 valence electrons. The number of pyridine rings is 1. The number of thiazole rings is 1. The molecule has 0 radical (unpaired) electrons. The molecule has 4 heteroatoms. The Morgan fingerprint density at radius 1 is 1.47 bits per heavy atom. The molecule has 0 saturated carbocycles. The quantitative estimate of drug-likeness (QED) is 0.841. The van der Waals surface area contributed by atoms with Gasteiger partial charge >= 0.3 is 0 Å². The van der Waals surface area contributed by atoms with Crippen molar-refractivity contribution in [3.63, 3.8) is 0 Å². The van der Waals surface area contributed by atoms with E-state index in [9.17, 15) is 5.11 Å². The lowest BCUT2D eigenvalue weighted by Crippen LogP contribution is -2.06. The molecule has 0 aliphatic heterocycles. The van der Waals surface area contributed by atoms with Crippen LogP contribution in [0.4, 0.5) is 0 Å². The largest absolute Gasteiger partial charge is 0.388 e. The Balaban J connectivity index is 2.08. The molecular weight excluding hydrogens is 232 g/mol. The maximum absolute atomic E-state index is 9.95. The van der Waals surface area contributed by atoms with Crippen LogP contribution in [0.25, 0.3) is 10.6 Å². The molecule has 0 bridgehead atoms. The number of aliphatic hydroxyl groups excluding tert-OH is 1. The van der Waals surface area contributed by atoms with Crippen molar-refractivity contribution in [2.45, 2.75) is 32.3 Å². The van der Waals surface area contributed by atoms with Crippen molar-refractivity contribution in [2.75, 3.05) is 0 Å². The molecule has 2 aromatic rings. The van der Waals surface area contributed by atoms with E-state index in [1.165, 1.54) is 5.56 Å². The SMILES string of the molecule is Cc1ccncc1-c1nc2c(s1)C(O)CCC2. The maximum Gasteiger partial charge on any atom is 0.125 e. The highest BCUT2D eigenvalue weighted by Gasteiger charge is 2.23. The van der Waals surface area contributed by atoms with Crippen molar-refractivity contribution in [2.24, 2.45) is 0 Å². The Morgan fingerprint density at radius 2 is 2.35 bits per heavy atom. The predicted molar refractivity (Wildman–Crippen MR) is 68.0 cm³/mol. The summed E-state index contributed by atoms with van der Waals surface area (Å²) in [4.78, 5) is 9.85. The lowest BCUT2D eigenvalue weighted by molar-refractivity contribution is 0.160. The fraction of sp³-hybridized carbons (Fsp3) is 0.385. The van der Waals surface area contributed by atoms with E-state index in [0.717, 1.165) is 40.4 Å². The van der Waals surface area contributed by atoms with Gasteiger partial charge in [-0.15, -0.1) is 11.3 Å². The van der Waals surface area contributed by atoms with Crippen LogP contribution in [0, 0.1) is 6.92 Å². The molecule has 0 aromatic carbocycles. The van der Waals surface area contributed by atoms with Gasteiger partial charge in [-0.05, 0) is 37.8 Å².